The largest absolute Gasteiger partial charge is 0.443 e. The summed E-state index contributed by atoms with van der Waals surface area (Å²) in [5.74, 6) is -0.228. The Morgan fingerprint density at radius 1 is 1.32 bits per heavy atom. The van der Waals surface area contributed by atoms with E-state index in [2.05, 4.69) is 0 Å². The third-order valence-electron chi connectivity index (χ3n) is 3.65. The van der Waals surface area contributed by atoms with Crippen LogP contribution in [0.5, 0.6) is 0 Å². The van der Waals surface area contributed by atoms with Crippen LogP contribution >= 0.6 is 0 Å². The van der Waals surface area contributed by atoms with Crippen LogP contribution in [0.1, 0.15) is 27.7 Å². The highest BCUT2D eigenvalue weighted by molar-refractivity contribution is 5.69. The molecule has 0 bridgehead atoms. The molecule has 0 spiro atoms. The van der Waals surface area contributed by atoms with Gasteiger partial charge in [-0.2, -0.15) is 0 Å². The molecule has 6 heteroatoms. The van der Waals surface area contributed by atoms with Crippen molar-refractivity contribution >= 4 is 6.09 Å². The van der Waals surface area contributed by atoms with Crippen molar-refractivity contribution in [3.05, 3.63) is 12.3 Å². The number of hydrogen-bond donors (Lipinski definition) is 1. The van der Waals surface area contributed by atoms with Crippen molar-refractivity contribution in [3.63, 3.8) is 0 Å². The third kappa shape index (κ3) is 5.26. The lowest BCUT2D eigenvalue weighted by molar-refractivity contribution is -0.0697. The lowest BCUT2D eigenvalue weighted by atomic mass is 9.80. The van der Waals surface area contributed by atoms with Gasteiger partial charge in [-0.15, -0.1) is 0 Å². The highest BCUT2D eigenvalue weighted by atomic mass is 16.6. The number of methoxy groups -OCH3 is 2. The summed E-state index contributed by atoms with van der Waals surface area (Å²) < 4.78 is 15.9. The molecule has 6 nitrogen and oxygen atoms in total. The molecule has 1 N–H and O–H groups in total. The highest BCUT2D eigenvalue weighted by Gasteiger charge is 2.41. The Morgan fingerprint density at radius 3 is 2.41 bits per heavy atom. The van der Waals surface area contributed by atoms with Gasteiger partial charge in [-0.3, -0.25) is 4.90 Å². The fourth-order valence-electron chi connectivity index (χ4n) is 2.62. The molecule has 0 aromatic rings. The van der Waals surface area contributed by atoms with Crippen LogP contribution in [0.25, 0.3) is 0 Å². The summed E-state index contributed by atoms with van der Waals surface area (Å²) >= 11 is 0. The van der Waals surface area contributed by atoms with Gasteiger partial charge in [0.05, 0.1) is 25.4 Å². The van der Waals surface area contributed by atoms with E-state index < -0.39 is 17.3 Å². The lowest BCUT2D eigenvalue weighted by Gasteiger charge is -2.36. The molecule has 0 aromatic heterocycles. The van der Waals surface area contributed by atoms with E-state index in [-0.39, 0.29) is 18.4 Å². The summed E-state index contributed by atoms with van der Waals surface area (Å²) in [6.45, 7) is 8.12. The number of hydrogen-bond acceptors (Lipinski definition) is 5. The van der Waals surface area contributed by atoms with Crippen LogP contribution in [0.3, 0.4) is 0 Å². The van der Waals surface area contributed by atoms with Crippen molar-refractivity contribution in [2.45, 2.75) is 38.9 Å². The minimum Gasteiger partial charge on any atom is -0.443 e. The van der Waals surface area contributed by atoms with Gasteiger partial charge in [-0.05, 0) is 27.7 Å². The Kier molecular flexibility index (Phi) is 6.40. The van der Waals surface area contributed by atoms with Gasteiger partial charge in [0.15, 0.2) is 0 Å². The monoisotopic (exact) mass is 315 g/mol. The maximum Gasteiger partial charge on any atom is 0.414 e. The van der Waals surface area contributed by atoms with E-state index in [1.807, 2.05) is 26.8 Å². The van der Waals surface area contributed by atoms with Gasteiger partial charge >= 0.3 is 6.09 Å². The zero-order chi connectivity index (χ0) is 17.0. The molecular formula is C16H29NO5. The zero-order valence-corrected chi connectivity index (χ0v) is 14.5. The Bertz CT molecular complexity index is 400. The number of nitrogens with zero attached hydrogens (tertiary/aromatic N) is 1. The van der Waals surface area contributed by atoms with Crippen molar-refractivity contribution in [2.24, 2.45) is 11.8 Å². The van der Waals surface area contributed by atoms with Crippen LogP contribution in [-0.2, 0) is 14.2 Å². The lowest BCUT2D eigenvalue weighted by Crippen LogP contribution is -2.49. The summed E-state index contributed by atoms with van der Waals surface area (Å²) in [6, 6.07) is 0. The molecule has 0 radical (unpaired) electrons. The predicted molar refractivity (Wildman–Crippen MR) is 83.4 cm³/mol. The third-order valence-corrected chi connectivity index (χ3v) is 3.65. The van der Waals surface area contributed by atoms with Crippen molar-refractivity contribution in [1.29, 1.82) is 0 Å². The molecule has 0 saturated heterocycles. The average Bonchev–Trinajstić information content (AvgIpc) is 2.48. The van der Waals surface area contributed by atoms with Crippen molar-refractivity contribution in [1.82, 2.24) is 4.90 Å². The molecule has 0 aromatic carbocycles. The molecule has 1 aliphatic heterocycles. The summed E-state index contributed by atoms with van der Waals surface area (Å²) in [4.78, 5) is 13.7. The maximum absolute atomic E-state index is 12.3. The van der Waals surface area contributed by atoms with Crippen LogP contribution in [0.4, 0.5) is 4.79 Å². The molecule has 3 atom stereocenters. The number of ether oxygens (including phenoxy) is 3. The zero-order valence-electron chi connectivity index (χ0n) is 14.5. The molecule has 1 heterocycles. The van der Waals surface area contributed by atoms with Crippen molar-refractivity contribution in [3.8, 4) is 0 Å². The number of rotatable bonds is 4. The first-order chi connectivity index (χ1) is 10.1. The Hall–Kier alpha value is -1.11. The Labute approximate surface area is 133 Å². The minimum absolute atomic E-state index is 0.0487. The van der Waals surface area contributed by atoms with Crippen LogP contribution < -0.4 is 0 Å². The second-order valence-electron chi connectivity index (χ2n) is 6.99. The van der Waals surface area contributed by atoms with Gasteiger partial charge in [0.1, 0.15) is 5.60 Å². The quantitative estimate of drug-likeness (QED) is 0.859. The first-order valence-corrected chi connectivity index (χ1v) is 7.49. The van der Waals surface area contributed by atoms with Crippen LogP contribution in [-0.4, -0.2) is 61.3 Å². The molecule has 1 aliphatic rings. The van der Waals surface area contributed by atoms with Crippen molar-refractivity contribution in [2.75, 3.05) is 34.0 Å². The van der Waals surface area contributed by atoms with Gasteiger partial charge in [-0.1, -0.05) is 6.08 Å². The first kappa shape index (κ1) is 18.9. The molecule has 0 fully saturated rings. The first-order valence-electron chi connectivity index (χ1n) is 7.49. The summed E-state index contributed by atoms with van der Waals surface area (Å²) in [5, 5.41) is 10.8. The minimum atomic E-state index is -1.11. The fourth-order valence-corrected chi connectivity index (χ4v) is 2.62. The summed E-state index contributed by atoms with van der Waals surface area (Å²) in [7, 11) is 3.21. The van der Waals surface area contributed by atoms with Gasteiger partial charge in [0.25, 0.3) is 0 Å². The molecule has 1 rings (SSSR count). The smallest absolute Gasteiger partial charge is 0.414 e. The van der Waals surface area contributed by atoms with Gasteiger partial charge in [0, 0.05) is 32.3 Å². The second kappa shape index (κ2) is 7.44. The number of carbonyl (C=O) groups is 1. The summed E-state index contributed by atoms with van der Waals surface area (Å²) in [6.07, 6.45) is 3.07. The van der Waals surface area contributed by atoms with E-state index in [1.54, 1.807) is 27.3 Å². The molecule has 0 saturated carbocycles. The molecular weight excluding hydrogens is 286 g/mol. The molecule has 22 heavy (non-hydrogen) atoms. The molecule has 1 amide bonds. The van der Waals surface area contributed by atoms with E-state index in [1.165, 1.54) is 4.90 Å². The second-order valence-corrected chi connectivity index (χ2v) is 6.99. The maximum atomic E-state index is 12.3. The fraction of sp³-hybridized carbons (Fsp3) is 0.812. The summed E-state index contributed by atoms with van der Waals surface area (Å²) in [5.41, 5.74) is -1.69. The number of aliphatic hydroxyl groups is 1. The molecule has 0 unspecified atom stereocenters. The SMILES string of the molecule is COC[C@@H]1[C@H](COC)C=CN(C(=O)OC(C)(C)C)C[C@]1(C)O. The van der Waals surface area contributed by atoms with Crippen molar-refractivity contribution < 1.29 is 24.1 Å². The number of β-amino-alcohol motifs (C(OH)–C–C–N with tert-alkyl or cyclic N) is 1. The highest BCUT2D eigenvalue weighted by Crippen LogP contribution is 2.31. The molecule has 128 valence electrons. The van der Waals surface area contributed by atoms with E-state index >= 15 is 0 Å². The number of carbonyl (C=O) groups excluding carboxylic acids is 1. The average molecular weight is 315 g/mol. The predicted octanol–water partition coefficient (Wildman–Crippen LogP) is 2.03. The Morgan fingerprint density at radius 2 is 1.91 bits per heavy atom. The van der Waals surface area contributed by atoms with Gasteiger partial charge in [-0.25, -0.2) is 4.79 Å². The topological polar surface area (TPSA) is 68.2 Å². The number of amides is 1. The van der Waals surface area contributed by atoms with Gasteiger partial charge < -0.3 is 19.3 Å². The normalized spacial score (nSPS) is 29.3. The van der Waals surface area contributed by atoms with E-state index in [9.17, 15) is 9.90 Å². The van der Waals surface area contributed by atoms with E-state index in [0.717, 1.165) is 0 Å². The standard InChI is InChI=1S/C16H29NO5/c1-15(2,3)22-14(18)17-8-7-12(9-20-5)13(10-21-6)16(4,19)11-17/h7-8,12-13,19H,9-11H2,1-6H3/t12-,13+,16-/m0/s1. The van der Waals surface area contributed by atoms with E-state index in [0.29, 0.717) is 13.2 Å². The van der Waals surface area contributed by atoms with Crippen LogP contribution in [0.2, 0.25) is 0 Å². The van der Waals surface area contributed by atoms with Gasteiger partial charge in [0.2, 0.25) is 0 Å². The Balaban J connectivity index is 2.98. The van der Waals surface area contributed by atoms with Crippen LogP contribution in [0.15, 0.2) is 12.3 Å². The van der Waals surface area contributed by atoms with Crippen LogP contribution in [0, 0.1) is 11.8 Å². The molecule has 0 aliphatic carbocycles. The van der Waals surface area contributed by atoms with E-state index in [4.69, 9.17) is 14.2 Å².